The van der Waals surface area contributed by atoms with Gasteiger partial charge < -0.3 is 9.47 Å². The van der Waals surface area contributed by atoms with E-state index >= 15 is 0 Å². The number of hydrogen-bond donors (Lipinski definition) is 0. The minimum atomic E-state index is -4.59. The highest BCUT2D eigenvalue weighted by molar-refractivity contribution is 5.86. The van der Waals surface area contributed by atoms with Crippen molar-refractivity contribution in [3.63, 3.8) is 0 Å². The number of Topliss-reactive ketones (excluding diaryl/α,β-unsaturated/α-hetero) is 1. The second kappa shape index (κ2) is 6.92. The topological polar surface area (TPSA) is 55.2 Å². The fourth-order valence-electron chi connectivity index (χ4n) is 3.65. The molecule has 148 valence electrons. The van der Waals surface area contributed by atoms with Crippen LogP contribution in [0.1, 0.15) is 26.3 Å². The van der Waals surface area contributed by atoms with Gasteiger partial charge >= 0.3 is 6.18 Å². The van der Waals surface area contributed by atoms with Crippen molar-refractivity contribution in [3.05, 3.63) is 70.4 Å². The van der Waals surface area contributed by atoms with Crippen molar-refractivity contribution in [2.75, 3.05) is 4.90 Å². The van der Waals surface area contributed by atoms with Gasteiger partial charge in [0.25, 0.3) is 5.56 Å². The van der Waals surface area contributed by atoms with Gasteiger partial charge in [0.2, 0.25) is 0 Å². The van der Waals surface area contributed by atoms with Crippen molar-refractivity contribution >= 4 is 11.6 Å². The second-order valence-corrected chi connectivity index (χ2v) is 7.31. The molecule has 1 unspecified atom stereocenters. The van der Waals surface area contributed by atoms with Gasteiger partial charge in [-0.25, -0.2) is 4.98 Å². The molecule has 0 saturated carbocycles. The predicted molar refractivity (Wildman–Crippen MR) is 98.8 cm³/mol. The van der Waals surface area contributed by atoms with Gasteiger partial charge in [-0.1, -0.05) is 12.1 Å². The molecule has 0 saturated heterocycles. The lowest BCUT2D eigenvalue weighted by Crippen LogP contribution is -2.47. The third-order valence-electron chi connectivity index (χ3n) is 4.96. The molecule has 5 nitrogen and oxygen atoms in total. The van der Waals surface area contributed by atoms with Crippen LogP contribution >= 0.6 is 0 Å². The molecule has 1 atom stereocenters. The normalized spacial score (nSPS) is 18.9. The number of allylic oxidation sites excluding steroid dienone is 1. The van der Waals surface area contributed by atoms with E-state index in [2.05, 4.69) is 4.98 Å². The number of alkyl halides is 3. The molecule has 2 aromatic rings. The van der Waals surface area contributed by atoms with Crippen molar-refractivity contribution in [2.24, 2.45) is 5.92 Å². The third-order valence-corrected chi connectivity index (χ3v) is 4.96. The lowest BCUT2D eigenvalue weighted by atomic mass is 9.85. The van der Waals surface area contributed by atoms with Crippen LogP contribution in [0.3, 0.4) is 0 Å². The van der Waals surface area contributed by atoms with Gasteiger partial charge in [-0.05, 0) is 39.0 Å². The highest BCUT2D eigenvalue weighted by Gasteiger charge is 2.45. The summed E-state index contributed by atoms with van der Waals surface area (Å²) in [6.07, 6.45) is -0.474. The number of hydrogen-bond acceptors (Lipinski definition) is 4. The summed E-state index contributed by atoms with van der Waals surface area (Å²) in [5.41, 5.74) is -1.48. The average molecular weight is 391 g/mol. The largest absolute Gasteiger partial charge is 0.417 e. The zero-order valence-corrected chi connectivity index (χ0v) is 15.7. The number of aromatic nitrogens is 2. The maximum absolute atomic E-state index is 12.9. The van der Waals surface area contributed by atoms with E-state index in [0.717, 1.165) is 22.4 Å². The van der Waals surface area contributed by atoms with Gasteiger partial charge in [0.15, 0.2) is 5.78 Å². The summed E-state index contributed by atoms with van der Waals surface area (Å²) in [5.74, 6) is -0.270. The Balaban J connectivity index is 1.89. The summed E-state index contributed by atoms with van der Waals surface area (Å²) < 4.78 is 39.6. The first-order chi connectivity index (χ1) is 13.0. The molecule has 0 aromatic carbocycles. The molecule has 0 bridgehead atoms. The van der Waals surface area contributed by atoms with Crippen LogP contribution in [0.2, 0.25) is 0 Å². The maximum Gasteiger partial charge on any atom is 0.417 e. The lowest BCUT2D eigenvalue weighted by molar-refractivity contribution is -0.138. The molecule has 1 aliphatic heterocycles. The Hall–Kier alpha value is -2.90. The van der Waals surface area contributed by atoms with Crippen LogP contribution in [-0.2, 0) is 17.5 Å². The summed E-state index contributed by atoms with van der Waals surface area (Å²) >= 11 is 0. The predicted octanol–water partition coefficient (Wildman–Crippen LogP) is 3.65. The molecule has 0 N–H and O–H groups in total. The summed E-state index contributed by atoms with van der Waals surface area (Å²) in [4.78, 5) is 31.2. The molecule has 0 radical (unpaired) electrons. The molecule has 0 fully saturated rings. The Morgan fingerprint density at radius 2 is 1.93 bits per heavy atom. The molecule has 0 amide bonds. The molecule has 8 heteroatoms. The first kappa shape index (κ1) is 19.9. The van der Waals surface area contributed by atoms with Crippen molar-refractivity contribution in [1.82, 2.24) is 9.55 Å². The quantitative estimate of drug-likeness (QED) is 0.798. The molecular weight excluding hydrogens is 371 g/mol. The number of nitrogens with zero attached hydrogens (tertiary/aromatic N) is 3. The van der Waals surface area contributed by atoms with Gasteiger partial charge in [0.1, 0.15) is 5.82 Å². The molecule has 2 aromatic heterocycles. The minimum absolute atomic E-state index is 0.343. The molecular formula is C20H20F3N3O2. The van der Waals surface area contributed by atoms with Crippen LogP contribution in [0.5, 0.6) is 0 Å². The fraction of sp³-hybridized carbons (Fsp3) is 0.350. The van der Waals surface area contributed by atoms with Gasteiger partial charge in [-0.2, -0.15) is 13.2 Å². The highest BCUT2D eigenvalue weighted by atomic mass is 19.4. The Morgan fingerprint density at radius 3 is 2.54 bits per heavy atom. The first-order valence-corrected chi connectivity index (χ1v) is 8.72. The van der Waals surface area contributed by atoms with Gasteiger partial charge in [0, 0.05) is 24.2 Å². The summed E-state index contributed by atoms with van der Waals surface area (Å²) in [6.45, 7) is 5.15. The van der Waals surface area contributed by atoms with Crippen LogP contribution in [0.4, 0.5) is 19.0 Å². The Kier molecular flexibility index (Phi) is 4.91. The zero-order chi connectivity index (χ0) is 20.7. The number of carbonyl (C=O) groups excluding carboxylic acids is 1. The van der Waals surface area contributed by atoms with E-state index in [-0.39, 0.29) is 5.78 Å². The van der Waals surface area contributed by atoms with E-state index in [4.69, 9.17) is 0 Å². The number of pyridine rings is 2. The summed E-state index contributed by atoms with van der Waals surface area (Å²) in [7, 11) is 0. The van der Waals surface area contributed by atoms with Crippen molar-refractivity contribution in [1.29, 1.82) is 0 Å². The second-order valence-electron chi connectivity index (χ2n) is 7.31. The van der Waals surface area contributed by atoms with E-state index < -0.39 is 35.3 Å². The van der Waals surface area contributed by atoms with Crippen LogP contribution in [0.25, 0.3) is 0 Å². The van der Waals surface area contributed by atoms with E-state index in [0.29, 0.717) is 12.0 Å². The number of carbonyl (C=O) groups is 1. The van der Waals surface area contributed by atoms with Crippen molar-refractivity contribution in [3.8, 4) is 0 Å². The van der Waals surface area contributed by atoms with Gasteiger partial charge in [-0.3, -0.25) is 9.59 Å². The average Bonchev–Trinajstić information content (AvgIpc) is 2.85. The molecule has 28 heavy (non-hydrogen) atoms. The Bertz CT molecular complexity index is 978. The number of anilines is 1. The highest BCUT2D eigenvalue weighted by Crippen LogP contribution is 2.40. The molecule has 0 aliphatic carbocycles. The van der Waals surface area contributed by atoms with Gasteiger partial charge in [0.05, 0.1) is 23.6 Å². The van der Waals surface area contributed by atoms with E-state index in [1.165, 1.54) is 0 Å². The first-order valence-electron chi connectivity index (χ1n) is 8.72. The third kappa shape index (κ3) is 3.58. The van der Waals surface area contributed by atoms with Gasteiger partial charge in [-0.15, -0.1) is 0 Å². The van der Waals surface area contributed by atoms with Crippen LogP contribution < -0.4 is 10.5 Å². The van der Waals surface area contributed by atoms with Crippen molar-refractivity contribution < 1.29 is 18.0 Å². The van der Waals surface area contributed by atoms with Crippen LogP contribution in [0.15, 0.2) is 59.3 Å². The number of ketones is 1. The summed E-state index contributed by atoms with van der Waals surface area (Å²) in [5, 5.41) is 0. The maximum atomic E-state index is 12.9. The van der Waals surface area contributed by atoms with E-state index in [9.17, 15) is 22.8 Å². The minimum Gasteiger partial charge on any atom is -0.324 e. The number of halogens is 3. The molecule has 1 aliphatic rings. The van der Waals surface area contributed by atoms with E-state index in [1.54, 1.807) is 18.3 Å². The molecule has 3 rings (SSSR count). The lowest BCUT2D eigenvalue weighted by Gasteiger charge is -2.37. The van der Waals surface area contributed by atoms with Crippen LogP contribution in [0, 0.1) is 5.92 Å². The SMILES string of the molecule is CC1=CC(C(=O)Cn2cc(C(F)(F)F)ccc2=O)C(C)(C)N1c1ccccn1. The Labute approximate surface area is 160 Å². The monoisotopic (exact) mass is 391 g/mol. The van der Waals surface area contributed by atoms with Crippen LogP contribution in [-0.4, -0.2) is 20.9 Å². The van der Waals surface area contributed by atoms with E-state index in [1.807, 2.05) is 37.8 Å². The smallest absolute Gasteiger partial charge is 0.324 e. The Morgan fingerprint density at radius 1 is 1.21 bits per heavy atom. The van der Waals surface area contributed by atoms with Crippen molar-refractivity contribution in [2.45, 2.75) is 39.0 Å². The fourth-order valence-corrected chi connectivity index (χ4v) is 3.65. The standard InChI is InChI=1S/C20H20F3N3O2/c1-13-10-15(19(2,3)26(13)17-6-4-5-9-24-17)16(27)12-25-11-14(20(21,22)23)7-8-18(25)28/h4-11,15H,12H2,1-3H3. The molecule has 3 heterocycles. The zero-order valence-electron chi connectivity index (χ0n) is 15.7. The molecule has 0 spiro atoms. The number of rotatable bonds is 4. The summed E-state index contributed by atoms with van der Waals surface area (Å²) in [6, 6.07) is 6.99.